The van der Waals surface area contributed by atoms with Gasteiger partial charge in [0.05, 0.1) is 0 Å². The third kappa shape index (κ3) is 4.96. The molecule has 2 amide bonds. The van der Waals surface area contributed by atoms with Crippen LogP contribution in [0.5, 0.6) is 0 Å². The molecule has 7 heteroatoms. The number of aromatic nitrogens is 2. The first-order valence-corrected chi connectivity index (χ1v) is 8.69. The number of anilines is 2. The number of aryl methyl sites for hydroxylation is 1. The Morgan fingerprint density at radius 1 is 1.16 bits per heavy atom. The SMILES string of the molecule is C[C@H](CN1CCN(c2ccccc2)CC1)NC(=O)Nc1ccn(C)n1. The van der Waals surface area contributed by atoms with Crippen molar-refractivity contribution >= 4 is 17.5 Å². The maximum Gasteiger partial charge on any atom is 0.320 e. The van der Waals surface area contributed by atoms with E-state index in [1.807, 2.05) is 20.0 Å². The summed E-state index contributed by atoms with van der Waals surface area (Å²) in [5.74, 6) is 0.559. The molecule has 2 aromatic rings. The smallest absolute Gasteiger partial charge is 0.320 e. The molecule has 134 valence electrons. The van der Waals surface area contributed by atoms with Gasteiger partial charge >= 0.3 is 6.03 Å². The molecule has 3 rings (SSSR count). The van der Waals surface area contributed by atoms with E-state index in [0.717, 1.165) is 32.7 Å². The largest absolute Gasteiger partial charge is 0.369 e. The fourth-order valence-electron chi connectivity index (χ4n) is 3.12. The summed E-state index contributed by atoms with van der Waals surface area (Å²) in [6.45, 7) is 6.90. The van der Waals surface area contributed by atoms with Crippen LogP contribution in [-0.4, -0.2) is 59.5 Å². The Balaban J connectivity index is 1.40. The zero-order valence-corrected chi connectivity index (χ0v) is 14.9. The van der Waals surface area contributed by atoms with Gasteiger partial charge in [-0.25, -0.2) is 4.79 Å². The fraction of sp³-hybridized carbons (Fsp3) is 0.444. The van der Waals surface area contributed by atoms with E-state index in [9.17, 15) is 4.79 Å². The Morgan fingerprint density at radius 3 is 2.52 bits per heavy atom. The molecule has 0 aliphatic carbocycles. The highest BCUT2D eigenvalue weighted by Gasteiger charge is 2.19. The summed E-state index contributed by atoms with van der Waals surface area (Å²) in [5.41, 5.74) is 1.28. The van der Waals surface area contributed by atoms with E-state index < -0.39 is 0 Å². The lowest BCUT2D eigenvalue weighted by molar-refractivity contribution is 0.224. The summed E-state index contributed by atoms with van der Waals surface area (Å²) in [7, 11) is 1.82. The van der Waals surface area contributed by atoms with Gasteiger partial charge in [-0.15, -0.1) is 0 Å². The van der Waals surface area contributed by atoms with Gasteiger partial charge in [0.25, 0.3) is 0 Å². The molecule has 0 spiro atoms. The third-order valence-electron chi connectivity index (χ3n) is 4.36. The number of carbonyl (C=O) groups excluding carboxylic acids is 1. The van der Waals surface area contributed by atoms with E-state index in [1.54, 1.807) is 16.9 Å². The number of nitrogens with one attached hydrogen (secondary N) is 2. The van der Waals surface area contributed by atoms with Crippen molar-refractivity contribution in [3.8, 4) is 0 Å². The van der Waals surface area contributed by atoms with Gasteiger partial charge in [-0.2, -0.15) is 5.10 Å². The molecule has 1 aromatic carbocycles. The molecule has 25 heavy (non-hydrogen) atoms. The summed E-state index contributed by atoms with van der Waals surface area (Å²) in [6, 6.07) is 12.1. The number of hydrogen-bond acceptors (Lipinski definition) is 4. The van der Waals surface area contributed by atoms with Crippen LogP contribution < -0.4 is 15.5 Å². The lowest BCUT2D eigenvalue weighted by Gasteiger charge is -2.37. The molecule has 0 saturated carbocycles. The van der Waals surface area contributed by atoms with Crippen LogP contribution in [0.2, 0.25) is 0 Å². The number of hydrogen-bond donors (Lipinski definition) is 2. The van der Waals surface area contributed by atoms with E-state index in [2.05, 4.69) is 49.8 Å². The zero-order chi connectivity index (χ0) is 17.6. The van der Waals surface area contributed by atoms with Gasteiger partial charge in [0.15, 0.2) is 5.82 Å². The average Bonchev–Trinajstić information content (AvgIpc) is 3.01. The Morgan fingerprint density at radius 2 is 1.88 bits per heavy atom. The number of benzene rings is 1. The molecule has 7 nitrogen and oxygen atoms in total. The molecule has 1 aromatic heterocycles. The molecule has 2 N–H and O–H groups in total. The molecule has 1 aliphatic rings. The molecule has 0 radical (unpaired) electrons. The number of amides is 2. The van der Waals surface area contributed by atoms with Crippen LogP contribution in [0.3, 0.4) is 0 Å². The lowest BCUT2D eigenvalue weighted by atomic mass is 10.2. The van der Waals surface area contributed by atoms with Gasteiger partial charge in [-0.05, 0) is 19.1 Å². The van der Waals surface area contributed by atoms with Gasteiger partial charge in [-0.3, -0.25) is 14.9 Å². The molecule has 0 bridgehead atoms. The summed E-state index contributed by atoms with van der Waals surface area (Å²) < 4.78 is 1.66. The normalized spacial score (nSPS) is 16.5. The standard InChI is InChI=1S/C18H26N6O/c1-15(19-18(25)20-17-8-9-22(2)21-17)14-23-10-12-24(13-11-23)16-6-4-3-5-7-16/h3-9,15H,10-14H2,1-2H3,(H2,19,20,21,25)/t15-/m1/s1. The van der Waals surface area contributed by atoms with Crippen molar-refractivity contribution in [2.75, 3.05) is 42.9 Å². The summed E-state index contributed by atoms with van der Waals surface area (Å²) >= 11 is 0. The average molecular weight is 342 g/mol. The second-order valence-electron chi connectivity index (χ2n) is 6.50. The van der Waals surface area contributed by atoms with Crippen molar-refractivity contribution in [3.63, 3.8) is 0 Å². The Bertz CT molecular complexity index is 678. The predicted octanol–water partition coefficient (Wildman–Crippen LogP) is 1.75. The number of carbonyl (C=O) groups is 1. The van der Waals surface area contributed by atoms with Crippen LogP contribution in [0.1, 0.15) is 6.92 Å². The van der Waals surface area contributed by atoms with Crippen LogP contribution in [0.15, 0.2) is 42.6 Å². The van der Waals surface area contributed by atoms with Gasteiger partial charge < -0.3 is 10.2 Å². The topological polar surface area (TPSA) is 65.4 Å². The molecule has 0 unspecified atom stereocenters. The molecular weight excluding hydrogens is 316 g/mol. The van der Waals surface area contributed by atoms with Crippen molar-refractivity contribution in [1.29, 1.82) is 0 Å². The molecule has 1 saturated heterocycles. The van der Waals surface area contributed by atoms with Crippen LogP contribution in [0, 0.1) is 0 Å². The lowest BCUT2D eigenvalue weighted by Crippen LogP contribution is -2.51. The van der Waals surface area contributed by atoms with Gasteiger partial charge in [-0.1, -0.05) is 18.2 Å². The molecular formula is C18H26N6O. The van der Waals surface area contributed by atoms with Crippen molar-refractivity contribution in [1.82, 2.24) is 20.0 Å². The number of para-hydroxylation sites is 1. The van der Waals surface area contributed by atoms with Crippen LogP contribution in [0.25, 0.3) is 0 Å². The number of nitrogens with zero attached hydrogens (tertiary/aromatic N) is 4. The predicted molar refractivity (Wildman–Crippen MR) is 99.9 cm³/mol. The first-order valence-electron chi connectivity index (χ1n) is 8.69. The van der Waals surface area contributed by atoms with Gasteiger partial charge in [0, 0.05) is 63.8 Å². The van der Waals surface area contributed by atoms with E-state index >= 15 is 0 Å². The quantitative estimate of drug-likeness (QED) is 0.869. The summed E-state index contributed by atoms with van der Waals surface area (Å²) in [4.78, 5) is 16.8. The molecule has 1 aliphatic heterocycles. The number of rotatable bonds is 5. The van der Waals surface area contributed by atoms with Crippen LogP contribution in [-0.2, 0) is 7.05 Å². The zero-order valence-electron chi connectivity index (χ0n) is 14.9. The Hall–Kier alpha value is -2.54. The first-order chi connectivity index (χ1) is 12.1. The van der Waals surface area contributed by atoms with E-state index in [-0.39, 0.29) is 12.1 Å². The van der Waals surface area contributed by atoms with Crippen molar-refractivity contribution in [2.45, 2.75) is 13.0 Å². The Kier molecular flexibility index (Phi) is 5.55. The molecule has 1 atom stereocenters. The van der Waals surface area contributed by atoms with Crippen molar-refractivity contribution in [2.24, 2.45) is 7.05 Å². The second kappa shape index (κ2) is 8.02. The minimum Gasteiger partial charge on any atom is -0.369 e. The molecule has 2 heterocycles. The van der Waals surface area contributed by atoms with Crippen molar-refractivity contribution in [3.05, 3.63) is 42.6 Å². The minimum atomic E-state index is -0.214. The second-order valence-corrected chi connectivity index (χ2v) is 6.50. The van der Waals surface area contributed by atoms with E-state index in [0.29, 0.717) is 5.82 Å². The third-order valence-corrected chi connectivity index (χ3v) is 4.36. The number of urea groups is 1. The van der Waals surface area contributed by atoms with E-state index in [1.165, 1.54) is 5.69 Å². The Labute approximate surface area is 148 Å². The fourth-order valence-corrected chi connectivity index (χ4v) is 3.12. The maximum absolute atomic E-state index is 12.0. The maximum atomic E-state index is 12.0. The van der Waals surface area contributed by atoms with E-state index in [4.69, 9.17) is 0 Å². The highest BCUT2D eigenvalue weighted by atomic mass is 16.2. The van der Waals surface area contributed by atoms with Crippen LogP contribution in [0.4, 0.5) is 16.3 Å². The monoisotopic (exact) mass is 342 g/mol. The first kappa shape index (κ1) is 17.3. The van der Waals surface area contributed by atoms with Crippen molar-refractivity contribution < 1.29 is 4.79 Å². The van der Waals surface area contributed by atoms with Gasteiger partial charge in [0.2, 0.25) is 0 Å². The highest BCUT2D eigenvalue weighted by Crippen LogP contribution is 2.15. The summed E-state index contributed by atoms with van der Waals surface area (Å²) in [5, 5.41) is 9.86. The van der Waals surface area contributed by atoms with Gasteiger partial charge in [0.1, 0.15) is 0 Å². The highest BCUT2D eigenvalue weighted by molar-refractivity contribution is 5.88. The number of piperazine rings is 1. The minimum absolute atomic E-state index is 0.0759. The van der Waals surface area contributed by atoms with Crippen LogP contribution >= 0.6 is 0 Å². The molecule has 1 fully saturated rings. The summed E-state index contributed by atoms with van der Waals surface area (Å²) in [6.07, 6.45) is 1.80.